The van der Waals surface area contributed by atoms with E-state index < -0.39 is 5.60 Å². The zero-order chi connectivity index (χ0) is 11.8. The fourth-order valence-electron chi connectivity index (χ4n) is 2.74. The average molecular weight is 259 g/mol. The molecule has 1 saturated carbocycles. The van der Waals surface area contributed by atoms with Crippen molar-refractivity contribution in [2.45, 2.75) is 45.1 Å². The summed E-state index contributed by atoms with van der Waals surface area (Å²) in [6.07, 6.45) is 4.07. The lowest BCUT2D eigenvalue weighted by atomic mass is 9.69. The third-order valence-corrected chi connectivity index (χ3v) is 5.31. The topological polar surface area (TPSA) is 20.2 Å². The molecule has 1 fully saturated rings. The summed E-state index contributed by atoms with van der Waals surface area (Å²) in [5, 5.41) is 10.7. The second kappa shape index (κ2) is 4.67. The molecule has 3 atom stereocenters. The molecule has 0 radical (unpaired) electrons. The van der Waals surface area contributed by atoms with Gasteiger partial charge in [-0.1, -0.05) is 38.3 Å². The van der Waals surface area contributed by atoms with Crippen LogP contribution in [0, 0.1) is 11.8 Å². The standard InChI is InChI=1S/C13H19ClOS/c1-9-4-3-7-13(15,10(9)2)8-11-5-6-12(14)16-11/h5-6,9-10,15H,3-4,7-8H2,1-2H3. The Bertz CT molecular complexity index is 363. The Balaban J connectivity index is 2.12. The highest BCUT2D eigenvalue weighted by atomic mass is 35.5. The molecule has 0 aliphatic heterocycles. The Labute approximate surface area is 106 Å². The molecule has 3 heteroatoms. The van der Waals surface area contributed by atoms with Gasteiger partial charge < -0.3 is 5.11 Å². The molecule has 1 heterocycles. The van der Waals surface area contributed by atoms with Crippen LogP contribution in [-0.2, 0) is 6.42 Å². The van der Waals surface area contributed by atoms with Gasteiger partial charge in [-0.05, 0) is 30.4 Å². The highest BCUT2D eigenvalue weighted by Gasteiger charge is 2.39. The molecule has 0 amide bonds. The number of thiophene rings is 1. The smallest absolute Gasteiger partial charge is 0.0931 e. The van der Waals surface area contributed by atoms with Crippen LogP contribution in [0.4, 0.5) is 0 Å². The van der Waals surface area contributed by atoms with Crippen molar-refractivity contribution in [1.29, 1.82) is 0 Å². The molecule has 3 unspecified atom stereocenters. The molecule has 1 aromatic heterocycles. The van der Waals surface area contributed by atoms with E-state index in [1.165, 1.54) is 11.3 Å². The van der Waals surface area contributed by atoms with Crippen LogP contribution in [0.25, 0.3) is 0 Å². The number of hydrogen-bond donors (Lipinski definition) is 1. The van der Waals surface area contributed by atoms with Crippen molar-refractivity contribution in [3.8, 4) is 0 Å². The minimum Gasteiger partial charge on any atom is -0.389 e. The Morgan fingerprint density at radius 3 is 2.88 bits per heavy atom. The molecule has 16 heavy (non-hydrogen) atoms. The molecule has 1 nitrogen and oxygen atoms in total. The predicted molar refractivity (Wildman–Crippen MR) is 70.2 cm³/mol. The van der Waals surface area contributed by atoms with Gasteiger partial charge in [0.15, 0.2) is 0 Å². The van der Waals surface area contributed by atoms with Gasteiger partial charge in [-0.15, -0.1) is 11.3 Å². The van der Waals surface area contributed by atoms with Crippen molar-refractivity contribution in [3.63, 3.8) is 0 Å². The van der Waals surface area contributed by atoms with Gasteiger partial charge in [-0.25, -0.2) is 0 Å². The van der Waals surface area contributed by atoms with E-state index in [4.69, 9.17) is 11.6 Å². The largest absolute Gasteiger partial charge is 0.389 e. The van der Waals surface area contributed by atoms with Crippen molar-refractivity contribution in [1.82, 2.24) is 0 Å². The third-order valence-electron chi connectivity index (χ3n) is 4.08. The van der Waals surface area contributed by atoms with Crippen LogP contribution < -0.4 is 0 Å². The molecule has 1 aliphatic rings. The van der Waals surface area contributed by atoms with E-state index in [1.54, 1.807) is 11.3 Å². The molecule has 2 rings (SSSR count). The summed E-state index contributed by atoms with van der Waals surface area (Å²) in [4.78, 5) is 1.20. The lowest BCUT2D eigenvalue weighted by Crippen LogP contribution is -2.44. The van der Waals surface area contributed by atoms with Gasteiger partial charge in [0.2, 0.25) is 0 Å². The van der Waals surface area contributed by atoms with Crippen molar-refractivity contribution in [3.05, 3.63) is 21.3 Å². The van der Waals surface area contributed by atoms with Crippen LogP contribution in [0.5, 0.6) is 0 Å². The maximum atomic E-state index is 10.7. The molecule has 90 valence electrons. The zero-order valence-electron chi connectivity index (χ0n) is 9.87. The quantitative estimate of drug-likeness (QED) is 0.846. The van der Waals surface area contributed by atoms with E-state index in [0.717, 1.165) is 23.6 Å². The van der Waals surface area contributed by atoms with Gasteiger partial charge in [0, 0.05) is 11.3 Å². The monoisotopic (exact) mass is 258 g/mol. The summed E-state index contributed by atoms with van der Waals surface area (Å²) >= 11 is 7.51. The second-order valence-electron chi connectivity index (χ2n) is 5.14. The lowest BCUT2D eigenvalue weighted by Gasteiger charge is -2.42. The average Bonchev–Trinajstić information content (AvgIpc) is 2.60. The Kier molecular flexibility index (Phi) is 3.62. The van der Waals surface area contributed by atoms with Gasteiger partial charge in [0.1, 0.15) is 0 Å². The Morgan fingerprint density at radius 2 is 2.25 bits per heavy atom. The van der Waals surface area contributed by atoms with E-state index in [1.807, 2.05) is 12.1 Å². The van der Waals surface area contributed by atoms with Gasteiger partial charge in [-0.2, -0.15) is 0 Å². The van der Waals surface area contributed by atoms with Crippen molar-refractivity contribution in [2.24, 2.45) is 11.8 Å². The molecule has 0 spiro atoms. The first-order valence-corrected chi connectivity index (χ1v) is 7.17. The summed E-state index contributed by atoms with van der Waals surface area (Å²) in [6, 6.07) is 3.96. The SMILES string of the molecule is CC1CCCC(O)(Cc2ccc(Cl)s2)C1C. The van der Waals surface area contributed by atoms with E-state index in [-0.39, 0.29) is 0 Å². The molecule has 0 bridgehead atoms. The minimum atomic E-state index is -0.522. The van der Waals surface area contributed by atoms with E-state index in [2.05, 4.69) is 13.8 Å². The van der Waals surface area contributed by atoms with Gasteiger partial charge >= 0.3 is 0 Å². The molecule has 0 aromatic carbocycles. The lowest BCUT2D eigenvalue weighted by molar-refractivity contribution is -0.0615. The van der Waals surface area contributed by atoms with Crippen LogP contribution in [0.2, 0.25) is 4.34 Å². The normalized spacial score (nSPS) is 35.2. The highest BCUT2D eigenvalue weighted by Crippen LogP contribution is 2.40. The number of halogens is 1. The van der Waals surface area contributed by atoms with Crippen molar-refractivity contribution >= 4 is 22.9 Å². The van der Waals surface area contributed by atoms with Crippen LogP contribution in [-0.4, -0.2) is 10.7 Å². The summed E-state index contributed by atoms with van der Waals surface area (Å²) in [5.41, 5.74) is -0.522. The fraction of sp³-hybridized carbons (Fsp3) is 0.692. The first-order chi connectivity index (χ1) is 7.51. The zero-order valence-corrected chi connectivity index (χ0v) is 11.4. The summed E-state index contributed by atoms with van der Waals surface area (Å²) < 4.78 is 0.815. The van der Waals surface area contributed by atoms with Crippen molar-refractivity contribution < 1.29 is 5.11 Å². The fourth-order valence-corrected chi connectivity index (χ4v) is 3.94. The number of hydrogen-bond acceptors (Lipinski definition) is 2. The van der Waals surface area contributed by atoms with E-state index >= 15 is 0 Å². The summed E-state index contributed by atoms with van der Waals surface area (Å²) in [7, 11) is 0. The maximum Gasteiger partial charge on any atom is 0.0931 e. The van der Waals surface area contributed by atoms with E-state index in [9.17, 15) is 5.11 Å². The molecule has 1 N–H and O–H groups in total. The van der Waals surface area contributed by atoms with Crippen LogP contribution in [0.3, 0.4) is 0 Å². The van der Waals surface area contributed by atoms with Gasteiger partial charge in [-0.3, -0.25) is 0 Å². The van der Waals surface area contributed by atoms with Gasteiger partial charge in [0.05, 0.1) is 9.94 Å². The highest BCUT2D eigenvalue weighted by molar-refractivity contribution is 7.16. The van der Waals surface area contributed by atoms with E-state index in [0.29, 0.717) is 11.8 Å². The minimum absolute atomic E-state index is 0.377. The predicted octanol–water partition coefficient (Wildman–Crippen LogP) is 4.13. The third kappa shape index (κ3) is 2.44. The molecule has 1 aliphatic carbocycles. The number of rotatable bonds is 2. The summed E-state index contributed by atoms with van der Waals surface area (Å²) in [6.45, 7) is 4.43. The van der Waals surface area contributed by atoms with Gasteiger partial charge in [0.25, 0.3) is 0 Å². The second-order valence-corrected chi connectivity index (χ2v) is 6.94. The first kappa shape index (κ1) is 12.4. The number of aliphatic hydroxyl groups is 1. The Morgan fingerprint density at radius 1 is 1.50 bits per heavy atom. The Hall–Kier alpha value is -0.0500. The first-order valence-electron chi connectivity index (χ1n) is 5.98. The maximum absolute atomic E-state index is 10.7. The van der Waals surface area contributed by atoms with Crippen LogP contribution >= 0.6 is 22.9 Å². The van der Waals surface area contributed by atoms with Crippen molar-refractivity contribution in [2.75, 3.05) is 0 Å². The molecular weight excluding hydrogens is 240 g/mol. The summed E-state index contributed by atoms with van der Waals surface area (Å²) in [5.74, 6) is 0.997. The molecule has 0 saturated heterocycles. The van der Waals surface area contributed by atoms with Crippen LogP contribution in [0.15, 0.2) is 12.1 Å². The van der Waals surface area contributed by atoms with Crippen LogP contribution in [0.1, 0.15) is 38.0 Å². The molecule has 1 aromatic rings. The molecular formula is C13H19ClOS.